The summed E-state index contributed by atoms with van der Waals surface area (Å²) >= 11 is 0. The number of nitrogens with one attached hydrogen (secondary N) is 1. The molecule has 0 saturated heterocycles. The highest BCUT2D eigenvalue weighted by molar-refractivity contribution is 5.78. The molecule has 0 aliphatic rings. The van der Waals surface area contributed by atoms with Crippen molar-refractivity contribution in [3.05, 3.63) is 48.0 Å². The van der Waals surface area contributed by atoms with E-state index < -0.39 is 17.4 Å². The van der Waals surface area contributed by atoms with E-state index in [2.05, 4.69) is 5.32 Å². The van der Waals surface area contributed by atoms with Gasteiger partial charge >= 0.3 is 5.97 Å². The summed E-state index contributed by atoms with van der Waals surface area (Å²) in [4.78, 5) is 11.3. The topological polar surface area (TPSA) is 47.6 Å². The average Bonchev–Trinajstić information content (AvgIpc) is 2.65. The molecule has 0 amide bonds. The van der Waals surface area contributed by atoms with E-state index in [1.165, 1.54) is 12.1 Å². The first-order valence-electron chi connectivity index (χ1n) is 9.17. The number of carbonyl (C=O) groups excluding carboxylic acids is 1. The molecule has 27 heavy (non-hydrogen) atoms. The van der Waals surface area contributed by atoms with Gasteiger partial charge in [0.25, 0.3) is 0 Å². The Bertz CT molecular complexity index is 742. The van der Waals surface area contributed by atoms with Crippen molar-refractivity contribution in [1.29, 1.82) is 0 Å². The highest BCUT2D eigenvalue weighted by atomic mass is 19.1. The third-order valence-electron chi connectivity index (χ3n) is 3.88. The zero-order valence-electron chi connectivity index (χ0n) is 15.7. The lowest BCUT2D eigenvalue weighted by molar-refractivity contribution is -0.143. The van der Waals surface area contributed by atoms with Crippen molar-refractivity contribution >= 4 is 11.7 Å². The van der Waals surface area contributed by atoms with Crippen LogP contribution in [0, 0.1) is 11.6 Å². The van der Waals surface area contributed by atoms with Crippen LogP contribution in [-0.2, 0) is 9.53 Å². The normalized spacial score (nSPS) is 10.5. The lowest BCUT2D eigenvalue weighted by Gasteiger charge is -2.14. The van der Waals surface area contributed by atoms with E-state index in [0.717, 1.165) is 24.2 Å². The van der Waals surface area contributed by atoms with Gasteiger partial charge < -0.3 is 14.8 Å². The van der Waals surface area contributed by atoms with E-state index in [4.69, 9.17) is 9.47 Å². The van der Waals surface area contributed by atoms with Crippen LogP contribution in [0.1, 0.15) is 33.1 Å². The molecule has 0 atom stereocenters. The summed E-state index contributed by atoms with van der Waals surface area (Å²) in [7, 11) is 0. The molecule has 0 aliphatic heterocycles. The van der Waals surface area contributed by atoms with Gasteiger partial charge in [-0.1, -0.05) is 25.1 Å². The molecular weight excluding hydrogens is 352 g/mol. The predicted molar refractivity (Wildman–Crippen MR) is 102 cm³/mol. The first-order valence-corrected chi connectivity index (χ1v) is 9.17. The fourth-order valence-electron chi connectivity index (χ4n) is 2.63. The molecule has 0 aromatic heterocycles. The average molecular weight is 377 g/mol. The van der Waals surface area contributed by atoms with Crippen LogP contribution in [0.5, 0.6) is 5.75 Å². The molecule has 0 heterocycles. The molecule has 0 aliphatic carbocycles. The van der Waals surface area contributed by atoms with Crippen molar-refractivity contribution < 1.29 is 23.0 Å². The van der Waals surface area contributed by atoms with Crippen LogP contribution in [0.25, 0.3) is 11.1 Å². The highest BCUT2D eigenvalue weighted by Crippen LogP contribution is 2.33. The number of hydrogen-bond acceptors (Lipinski definition) is 4. The molecule has 0 saturated carbocycles. The van der Waals surface area contributed by atoms with Gasteiger partial charge in [-0.15, -0.1) is 0 Å². The first kappa shape index (κ1) is 20.7. The van der Waals surface area contributed by atoms with Gasteiger partial charge in [0.2, 0.25) is 0 Å². The second-order valence-corrected chi connectivity index (χ2v) is 6.00. The fraction of sp³-hybridized carbons (Fsp3) is 0.381. The second kappa shape index (κ2) is 10.5. The number of hydrogen-bond donors (Lipinski definition) is 1. The maximum Gasteiger partial charge on any atom is 0.305 e. The van der Waals surface area contributed by atoms with Gasteiger partial charge in [0.05, 0.1) is 13.2 Å². The Morgan fingerprint density at radius 3 is 2.48 bits per heavy atom. The lowest BCUT2D eigenvalue weighted by Crippen LogP contribution is -2.08. The summed E-state index contributed by atoms with van der Waals surface area (Å²) in [6, 6.07) is 9.90. The minimum atomic E-state index is -0.772. The van der Waals surface area contributed by atoms with Crippen LogP contribution in [0.2, 0.25) is 0 Å². The molecule has 0 bridgehead atoms. The Balaban J connectivity index is 2.10. The minimum Gasteiger partial charge on any atom is -0.488 e. The number of halogens is 2. The number of anilines is 1. The summed E-state index contributed by atoms with van der Waals surface area (Å²) in [5.74, 6) is -2.33. The van der Waals surface area contributed by atoms with E-state index in [1.54, 1.807) is 6.92 Å². The Kier molecular flexibility index (Phi) is 8.04. The summed E-state index contributed by atoms with van der Waals surface area (Å²) in [5.41, 5.74) is 1.97. The summed E-state index contributed by atoms with van der Waals surface area (Å²) in [5, 5.41) is 3.26. The van der Waals surface area contributed by atoms with Gasteiger partial charge in [0, 0.05) is 24.2 Å². The van der Waals surface area contributed by atoms with E-state index >= 15 is 0 Å². The molecule has 6 heteroatoms. The van der Waals surface area contributed by atoms with Gasteiger partial charge in [-0.25, -0.2) is 8.78 Å². The monoisotopic (exact) mass is 377 g/mol. The molecule has 1 N–H and O–H groups in total. The molecule has 4 nitrogen and oxygen atoms in total. The van der Waals surface area contributed by atoms with Crippen molar-refractivity contribution in [1.82, 2.24) is 0 Å². The SMILES string of the molecule is CCCNc1ccccc1-c1cc(F)c(OCCCC(=O)OCC)c(F)c1. The van der Waals surface area contributed by atoms with Gasteiger partial charge in [0.1, 0.15) is 0 Å². The van der Waals surface area contributed by atoms with Crippen LogP contribution in [0.3, 0.4) is 0 Å². The standard InChI is InChI=1S/C21H25F2NO3/c1-3-11-24-19-9-6-5-8-16(19)15-13-17(22)21(18(23)14-15)27-12-7-10-20(25)26-4-2/h5-6,8-9,13-14,24H,3-4,7,10-12H2,1-2H3. The van der Waals surface area contributed by atoms with Crippen LogP contribution in [-0.4, -0.2) is 25.7 Å². The Morgan fingerprint density at radius 2 is 1.81 bits per heavy atom. The molecule has 146 valence electrons. The van der Waals surface area contributed by atoms with Crippen molar-refractivity contribution in [2.75, 3.05) is 25.1 Å². The zero-order chi connectivity index (χ0) is 19.6. The van der Waals surface area contributed by atoms with Crippen molar-refractivity contribution in [3.63, 3.8) is 0 Å². The maximum atomic E-state index is 14.4. The van der Waals surface area contributed by atoms with Crippen molar-refractivity contribution in [2.45, 2.75) is 33.1 Å². The lowest BCUT2D eigenvalue weighted by atomic mass is 10.0. The maximum absolute atomic E-state index is 14.4. The third kappa shape index (κ3) is 5.94. The third-order valence-corrected chi connectivity index (χ3v) is 3.88. The summed E-state index contributed by atoms with van der Waals surface area (Å²) in [6.45, 7) is 4.86. The van der Waals surface area contributed by atoms with Crippen molar-refractivity contribution in [3.8, 4) is 16.9 Å². The zero-order valence-corrected chi connectivity index (χ0v) is 15.7. The molecule has 2 aromatic carbocycles. The molecule has 2 rings (SSSR count). The van der Waals surface area contributed by atoms with Gasteiger partial charge in [-0.05, 0) is 43.5 Å². The molecule has 0 spiro atoms. The number of carbonyl (C=O) groups is 1. The number of ether oxygens (including phenoxy) is 2. The Hall–Kier alpha value is -2.63. The Labute approximate surface area is 158 Å². The fourth-order valence-corrected chi connectivity index (χ4v) is 2.63. The predicted octanol–water partition coefficient (Wildman–Crippen LogP) is 5.18. The van der Waals surface area contributed by atoms with Crippen LogP contribution in [0.4, 0.5) is 14.5 Å². The molecular formula is C21H25F2NO3. The smallest absolute Gasteiger partial charge is 0.305 e. The minimum absolute atomic E-state index is 0.0284. The van der Waals surface area contributed by atoms with Gasteiger partial charge in [0.15, 0.2) is 17.4 Å². The van der Waals surface area contributed by atoms with E-state index in [1.807, 2.05) is 31.2 Å². The van der Waals surface area contributed by atoms with Crippen LogP contribution in [0.15, 0.2) is 36.4 Å². The van der Waals surface area contributed by atoms with E-state index in [0.29, 0.717) is 18.6 Å². The van der Waals surface area contributed by atoms with Gasteiger partial charge in [-0.3, -0.25) is 4.79 Å². The largest absolute Gasteiger partial charge is 0.488 e. The first-order chi connectivity index (χ1) is 13.1. The van der Waals surface area contributed by atoms with E-state index in [9.17, 15) is 13.6 Å². The van der Waals surface area contributed by atoms with Crippen LogP contribution >= 0.6 is 0 Å². The number of rotatable bonds is 10. The molecule has 0 unspecified atom stereocenters. The summed E-state index contributed by atoms with van der Waals surface area (Å²) in [6.07, 6.45) is 1.41. The number of esters is 1. The second-order valence-electron chi connectivity index (χ2n) is 6.00. The highest BCUT2D eigenvalue weighted by Gasteiger charge is 2.15. The summed E-state index contributed by atoms with van der Waals surface area (Å²) < 4.78 is 38.8. The molecule has 0 fully saturated rings. The number of para-hydroxylation sites is 1. The number of benzene rings is 2. The van der Waals surface area contributed by atoms with Gasteiger partial charge in [-0.2, -0.15) is 0 Å². The Morgan fingerprint density at radius 1 is 1.11 bits per heavy atom. The molecule has 2 aromatic rings. The van der Waals surface area contributed by atoms with Crippen LogP contribution < -0.4 is 10.1 Å². The quantitative estimate of drug-likeness (QED) is 0.458. The van der Waals surface area contributed by atoms with E-state index in [-0.39, 0.29) is 19.0 Å². The molecule has 0 radical (unpaired) electrons. The van der Waals surface area contributed by atoms with Crippen molar-refractivity contribution in [2.24, 2.45) is 0 Å².